The van der Waals surface area contributed by atoms with E-state index in [9.17, 15) is 0 Å². The number of aromatic nitrogens is 3. The third-order valence-electron chi connectivity index (χ3n) is 3.08. The minimum Gasteiger partial charge on any atom is -0.497 e. The molecule has 0 aliphatic carbocycles. The zero-order chi connectivity index (χ0) is 14.5. The van der Waals surface area contributed by atoms with Crippen molar-refractivity contribution in [2.45, 2.75) is 12.5 Å². The lowest BCUT2D eigenvalue weighted by molar-refractivity contribution is 0.384. The highest BCUT2D eigenvalue weighted by atomic mass is 16.5. The van der Waals surface area contributed by atoms with Gasteiger partial charge in [0, 0.05) is 31.3 Å². The van der Waals surface area contributed by atoms with Crippen LogP contribution in [-0.4, -0.2) is 29.2 Å². The number of aryl methyl sites for hydroxylation is 1. The van der Waals surface area contributed by atoms with Crippen molar-refractivity contribution in [3.05, 3.63) is 35.7 Å². The van der Waals surface area contributed by atoms with Gasteiger partial charge in [-0.3, -0.25) is 16.0 Å². The van der Waals surface area contributed by atoms with E-state index >= 15 is 0 Å². The van der Waals surface area contributed by atoms with Crippen LogP contribution in [0, 0.1) is 0 Å². The summed E-state index contributed by atoms with van der Waals surface area (Å²) in [4.78, 5) is 0. The Morgan fingerprint density at radius 2 is 2.15 bits per heavy atom. The third kappa shape index (κ3) is 3.06. The lowest BCUT2D eigenvalue weighted by atomic mass is 10.0. The number of ether oxygens (including phenoxy) is 2. The number of nitrogens with zero attached hydrogens (tertiary/aromatic N) is 3. The quantitative estimate of drug-likeness (QED) is 0.593. The number of benzene rings is 1. The van der Waals surface area contributed by atoms with Gasteiger partial charge < -0.3 is 9.47 Å². The first-order valence-electron chi connectivity index (χ1n) is 6.21. The lowest BCUT2D eigenvalue weighted by Crippen LogP contribution is -2.30. The molecule has 1 heterocycles. The Bertz CT molecular complexity index is 570. The minimum atomic E-state index is -0.118. The Morgan fingerprint density at radius 3 is 2.70 bits per heavy atom. The Kier molecular flexibility index (Phi) is 4.54. The normalized spacial score (nSPS) is 12.2. The second kappa shape index (κ2) is 6.36. The minimum absolute atomic E-state index is 0.118. The topological polar surface area (TPSA) is 87.2 Å². The number of rotatable bonds is 6. The van der Waals surface area contributed by atoms with E-state index in [1.807, 2.05) is 31.4 Å². The molecule has 0 aliphatic rings. The summed E-state index contributed by atoms with van der Waals surface area (Å²) >= 11 is 0. The van der Waals surface area contributed by atoms with Crippen molar-refractivity contribution in [3.8, 4) is 11.5 Å². The predicted molar refractivity (Wildman–Crippen MR) is 74.3 cm³/mol. The summed E-state index contributed by atoms with van der Waals surface area (Å²) in [5, 5.41) is 7.98. The molecular weight excluding hydrogens is 258 g/mol. The molecule has 108 valence electrons. The van der Waals surface area contributed by atoms with E-state index in [1.165, 1.54) is 0 Å². The van der Waals surface area contributed by atoms with Crippen LogP contribution < -0.4 is 20.7 Å². The highest BCUT2D eigenvalue weighted by Crippen LogP contribution is 2.30. The fourth-order valence-electron chi connectivity index (χ4n) is 2.06. The molecule has 1 aromatic carbocycles. The summed E-state index contributed by atoms with van der Waals surface area (Å²) < 4.78 is 12.2. The molecule has 1 atom stereocenters. The first-order chi connectivity index (χ1) is 9.67. The smallest absolute Gasteiger partial charge is 0.127 e. The fourth-order valence-corrected chi connectivity index (χ4v) is 2.06. The Labute approximate surface area is 117 Å². The van der Waals surface area contributed by atoms with Crippen LogP contribution in [-0.2, 0) is 13.5 Å². The van der Waals surface area contributed by atoms with Crippen LogP contribution in [0.1, 0.15) is 17.3 Å². The van der Waals surface area contributed by atoms with Crippen molar-refractivity contribution in [2.75, 3.05) is 14.2 Å². The van der Waals surface area contributed by atoms with Crippen LogP contribution in [0.2, 0.25) is 0 Å². The first kappa shape index (κ1) is 14.3. The molecule has 2 aromatic rings. The summed E-state index contributed by atoms with van der Waals surface area (Å²) in [5.74, 6) is 7.12. The number of nitrogens with two attached hydrogens (primary N) is 1. The molecule has 1 unspecified atom stereocenters. The summed E-state index contributed by atoms with van der Waals surface area (Å²) in [6.45, 7) is 0. The number of nitrogens with one attached hydrogen (secondary N) is 1. The van der Waals surface area contributed by atoms with Crippen LogP contribution in [0.3, 0.4) is 0 Å². The molecule has 0 aliphatic heterocycles. The lowest BCUT2D eigenvalue weighted by Gasteiger charge is -2.18. The van der Waals surface area contributed by atoms with Crippen LogP contribution >= 0.6 is 0 Å². The maximum Gasteiger partial charge on any atom is 0.127 e. The van der Waals surface area contributed by atoms with E-state index in [2.05, 4.69) is 15.7 Å². The average molecular weight is 277 g/mol. The first-order valence-corrected chi connectivity index (χ1v) is 6.21. The maximum atomic E-state index is 5.66. The molecule has 3 N–H and O–H groups in total. The molecule has 0 saturated heterocycles. The van der Waals surface area contributed by atoms with Gasteiger partial charge in [0.25, 0.3) is 0 Å². The molecule has 7 nitrogen and oxygen atoms in total. The van der Waals surface area contributed by atoms with E-state index in [1.54, 1.807) is 18.9 Å². The van der Waals surface area contributed by atoms with Crippen LogP contribution in [0.25, 0.3) is 0 Å². The third-order valence-corrected chi connectivity index (χ3v) is 3.08. The molecule has 0 saturated carbocycles. The van der Waals surface area contributed by atoms with Gasteiger partial charge in [-0.05, 0) is 6.07 Å². The number of hydrazine groups is 1. The SMILES string of the molecule is COc1ccc(C(Cc2cn(C)nn2)NN)c(OC)c1. The van der Waals surface area contributed by atoms with E-state index in [0.29, 0.717) is 6.42 Å². The molecule has 0 fully saturated rings. The predicted octanol–water partition coefficient (Wildman–Crippen LogP) is 0.579. The monoisotopic (exact) mass is 277 g/mol. The standard InChI is InChI=1S/C13H19N5O2/c1-18-8-9(16-17-18)6-12(15-14)11-5-4-10(19-2)7-13(11)20-3/h4-5,7-8,12,15H,6,14H2,1-3H3. The highest BCUT2D eigenvalue weighted by Gasteiger charge is 2.17. The van der Waals surface area contributed by atoms with Gasteiger partial charge in [-0.25, -0.2) is 0 Å². The Morgan fingerprint density at radius 1 is 1.35 bits per heavy atom. The molecule has 0 radical (unpaired) electrons. The van der Waals surface area contributed by atoms with Crippen molar-refractivity contribution in [1.82, 2.24) is 20.4 Å². The average Bonchev–Trinajstić information content (AvgIpc) is 2.89. The molecular formula is C13H19N5O2. The van der Waals surface area contributed by atoms with Gasteiger partial charge in [0.2, 0.25) is 0 Å². The molecule has 2 rings (SSSR count). The van der Waals surface area contributed by atoms with Gasteiger partial charge in [0.05, 0.1) is 26.0 Å². The Hall–Kier alpha value is -2.12. The van der Waals surface area contributed by atoms with E-state index in [-0.39, 0.29) is 6.04 Å². The summed E-state index contributed by atoms with van der Waals surface area (Å²) in [7, 11) is 5.07. The summed E-state index contributed by atoms with van der Waals surface area (Å²) in [5.41, 5.74) is 4.59. The summed E-state index contributed by atoms with van der Waals surface area (Å²) in [6.07, 6.45) is 2.48. The Balaban J connectivity index is 2.26. The molecule has 1 aromatic heterocycles. The number of hydrogen-bond acceptors (Lipinski definition) is 6. The molecule has 7 heteroatoms. The zero-order valence-electron chi connectivity index (χ0n) is 11.8. The highest BCUT2D eigenvalue weighted by molar-refractivity contribution is 5.42. The number of methoxy groups -OCH3 is 2. The van der Waals surface area contributed by atoms with Gasteiger partial charge >= 0.3 is 0 Å². The number of hydrogen-bond donors (Lipinski definition) is 2. The molecule has 0 spiro atoms. The second-order valence-corrected chi connectivity index (χ2v) is 4.41. The van der Waals surface area contributed by atoms with E-state index in [4.69, 9.17) is 15.3 Å². The van der Waals surface area contributed by atoms with Crippen molar-refractivity contribution in [1.29, 1.82) is 0 Å². The maximum absolute atomic E-state index is 5.66. The van der Waals surface area contributed by atoms with Crippen molar-refractivity contribution in [2.24, 2.45) is 12.9 Å². The second-order valence-electron chi connectivity index (χ2n) is 4.41. The van der Waals surface area contributed by atoms with Crippen molar-refractivity contribution >= 4 is 0 Å². The molecule has 0 bridgehead atoms. The van der Waals surface area contributed by atoms with Gasteiger partial charge in [0.1, 0.15) is 11.5 Å². The van der Waals surface area contributed by atoms with Gasteiger partial charge in [-0.2, -0.15) is 0 Å². The van der Waals surface area contributed by atoms with E-state index in [0.717, 1.165) is 22.8 Å². The summed E-state index contributed by atoms with van der Waals surface area (Å²) in [6, 6.07) is 5.51. The molecule has 20 heavy (non-hydrogen) atoms. The zero-order valence-corrected chi connectivity index (χ0v) is 11.8. The largest absolute Gasteiger partial charge is 0.497 e. The van der Waals surface area contributed by atoms with Crippen molar-refractivity contribution in [3.63, 3.8) is 0 Å². The van der Waals surface area contributed by atoms with Crippen LogP contribution in [0.5, 0.6) is 11.5 Å². The van der Waals surface area contributed by atoms with Gasteiger partial charge in [-0.1, -0.05) is 11.3 Å². The van der Waals surface area contributed by atoms with E-state index < -0.39 is 0 Å². The van der Waals surface area contributed by atoms with Crippen LogP contribution in [0.4, 0.5) is 0 Å². The van der Waals surface area contributed by atoms with Crippen molar-refractivity contribution < 1.29 is 9.47 Å². The van der Waals surface area contributed by atoms with Gasteiger partial charge in [0.15, 0.2) is 0 Å². The fraction of sp³-hybridized carbons (Fsp3) is 0.385. The molecule has 0 amide bonds. The van der Waals surface area contributed by atoms with Crippen LogP contribution in [0.15, 0.2) is 24.4 Å². The van der Waals surface area contributed by atoms with Gasteiger partial charge in [-0.15, -0.1) is 5.10 Å².